The highest BCUT2D eigenvalue weighted by Crippen LogP contribution is 2.30. The van der Waals surface area contributed by atoms with E-state index in [9.17, 15) is 30.0 Å². The number of rotatable bonds is 32. The molecule has 1 aliphatic heterocycles. The van der Waals surface area contributed by atoms with Gasteiger partial charge in [0.05, 0.1) is 32.4 Å². The number of hydrogen-bond donors (Lipinski definition) is 8. The van der Waals surface area contributed by atoms with E-state index < -0.39 is 48.9 Å². The molecule has 0 saturated carbocycles. The van der Waals surface area contributed by atoms with Crippen molar-refractivity contribution in [2.75, 3.05) is 18.9 Å². The Morgan fingerprint density at radius 1 is 0.847 bits per heavy atom. The number of carbonyl (C=O) groups excluding carboxylic acids is 1. The number of unbranched alkanes of at least 4 members (excludes halogenated alkanes) is 23. The van der Waals surface area contributed by atoms with Crippen LogP contribution >= 0.6 is 0 Å². The number of allylic oxidation sites excluding steroid dienone is 1. The lowest BCUT2D eigenvalue weighted by molar-refractivity contribution is -0.646. The lowest BCUT2D eigenvalue weighted by atomic mass is 10.0. The molecule has 59 heavy (non-hydrogen) atoms. The summed E-state index contributed by atoms with van der Waals surface area (Å²) >= 11 is 0. The van der Waals surface area contributed by atoms with Crippen LogP contribution in [-0.2, 0) is 16.6 Å². The smallest absolute Gasteiger partial charge is 0.304 e. The van der Waals surface area contributed by atoms with Crippen molar-refractivity contribution in [3.8, 4) is 0 Å². The summed E-state index contributed by atoms with van der Waals surface area (Å²) in [7, 11) is 1.63. The number of aliphatic hydroxyl groups excluding tert-OH is 5. The first-order chi connectivity index (χ1) is 28.6. The minimum Gasteiger partial charge on any atom is -0.394 e. The van der Waals surface area contributed by atoms with Gasteiger partial charge in [-0.3, -0.25) is 14.6 Å². The number of anilines is 1. The lowest BCUT2D eigenvalue weighted by Crippen LogP contribution is -2.45. The number of amides is 1. The molecule has 1 saturated heterocycles. The van der Waals surface area contributed by atoms with Gasteiger partial charge in [-0.1, -0.05) is 167 Å². The van der Waals surface area contributed by atoms with Crippen molar-refractivity contribution in [2.24, 2.45) is 7.05 Å². The van der Waals surface area contributed by atoms with Crippen LogP contribution in [0.2, 0.25) is 0 Å². The average molecular weight is 836 g/mol. The topological polar surface area (TPSA) is 220 Å². The summed E-state index contributed by atoms with van der Waals surface area (Å²) in [6.07, 6.45) is 32.8. The molecule has 14 nitrogen and oxygen atoms in total. The fourth-order valence-electron chi connectivity index (χ4n) is 7.68. The fraction of sp³-hybridized carbons (Fsp3) is 0.822. The van der Waals surface area contributed by atoms with Gasteiger partial charge in [-0.05, 0) is 19.3 Å². The van der Waals surface area contributed by atoms with E-state index in [1.165, 1.54) is 150 Å². The molecule has 2 unspecified atom stereocenters. The molecule has 3 rings (SSSR count). The number of nitrogen functional groups attached to an aromatic ring is 1. The Labute approximate surface area is 354 Å². The zero-order valence-electron chi connectivity index (χ0n) is 36.9. The average Bonchev–Trinajstić information content (AvgIpc) is 3.70. The highest BCUT2D eigenvalue weighted by molar-refractivity contribution is 5.76. The number of H-pyrrole nitrogens is 1. The van der Waals surface area contributed by atoms with Gasteiger partial charge in [0.15, 0.2) is 0 Å². The lowest BCUT2D eigenvalue weighted by Gasteiger charge is -2.20. The van der Waals surface area contributed by atoms with Gasteiger partial charge in [0.2, 0.25) is 24.4 Å². The molecule has 0 bridgehead atoms. The molecule has 2 aromatic heterocycles. The van der Waals surface area contributed by atoms with Crippen LogP contribution in [0.15, 0.2) is 23.3 Å². The number of aliphatic hydroxyl groups is 5. The van der Waals surface area contributed by atoms with Gasteiger partial charge in [0.1, 0.15) is 18.3 Å². The molecular formula is C45H83N6O8+. The monoisotopic (exact) mass is 836 g/mol. The number of aromatic nitrogens is 4. The maximum absolute atomic E-state index is 12.2. The SMILES string of the molecule is CCCCCCCCCCCCC/C=C/C(O)C(CO)NC(=O)CCCCCCCCCCCCCCC.C[n+]1cn([C@@H]2O[C@H](CO)[C@@H](O)[C@H]2O)c2nc(N)[nH]c(=O)c21. The number of nitrogens with one attached hydrogen (secondary N) is 2. The number of fused-ring (bicyclic) bond motifs is 1. The second-order valence-corrected chi connectivity index (χ2v) is 16.6. The number of aryl methyl sites for hydroxylation is 1. The second kappa shape index (κ2) is 31.9. The van der Waals surface area contributed by atoms with Gasteiger partial charge in [-0.2, -0.15) is 9.55 Å². The van der Waals surface area contributed by atoms with Gasteiger partial charge < -0.3 is 41.3 Å². The van der Waals surface area contributed by atoms with Gasteiger partial charge in [-0.15, -0.1) is 0 Å². The summed E-state index contributed by atoms with van der Waals surface area (Å²) in [5, 5.41) is 51.8. The Bertz CT molecular complexity index is 1470. The normalized spacial score (nSPS) is 19.0. The molecule has 0 aromatic carbocycles. The quantitative estimate of drug-likeness (QED) is 0.0233. The van der Waals surface area contributed by atoms with Crippen LogP contribution in [0, 0.1) is 0 Å². The molecule has 2 aromatic rings. The molecule has 0 spiro atoms. The molecule has 340 valence electrons. The first-order valence-corrected chi connectivity index (χ1v) is 23.2. The van der Waals surface area contributed by atoms with E-state index in [0.29, 0.717) is 6.42 Å². The third-order valence-corrected chi connectivity index (χ3v) is 11.4. The Hall–Kier alpha value is -2.88. The standard InChI is InChI=1S/C34H67NO3.C11H15N5O5/c1-3-5-7-9-11-13-15-17-19-21-23-25-27-29-33(37)32(31-36)35-34(38)30-28-26-24-22-20-18-16-14-12-10-8-6-4-2;1-15-3-16(8-5(15)9(20)14-11(12)13-8)10-7(19)6(18)4(2-17)21-10/h27,29,32-33,36-37H,3-26,28,30-31H2,1-2H3,(H,35,38);3-4,6-7,10,17-19H,2H2,1H3,(H2-,12,13,14,20)/p+1/b29-27+;/t;4-,6-,7-,10-/m.1/s1. The van der Waals surface area contributed by atoms with E-state index >= 15 is 0 Å². The summed E-state index contributed by atoms with van der Waals surface area (Å²) in [6, 6.07) is -0.613. The van der Waals surface area contributed by atoms with Crippen molar-refractivity contribution in [3.05, 3.63) is 28.8 Å². The number of nitrogens with zero attached hydrogens (tertiary/aromatic N) is 3. The van der Waals surface area contributed by atoms with Crippen LogP contribution in [0.3, 0.4) is 0 Å². The molecule has 1 aliphatic rings. The summed E-state index contributed by atoms with van der Waals surface area (Å²) in [5.41, 5.74) is 5.58. The summed E-state index contributed by atoms with van der Waals surface area (Å²) < 4.78 is 8.35. The predicted molar refractivity (Wildman–Crippen MR) is 235 cm³/mol. The highest BCUT2D eigenvalue weighted by Gasteiger charge is 2.47. The molecule has 14 heteroatoms. The fourth-order valence-corrected chi connectivity index (χ4v) is 7.68. The molecule has 9 N–H and O–H groups in total. The van der Waals surface area contributed by atoms with E-state index in [-0.39, 0.29) is 29.6 Å². The van der Waals surface area contributed by atoms with Crippen LogP contribution in [0.4, 0.5) is 5.95 Å². The first-order valence-electron chi connectivity index (χ1n) is 23.2. The Balaban J connectivity index is 0.000000473. The number of nitrogens with two attached hydrogens (primary N) is 1. The highest BCUT2D eigenvalue weighted by atomic mass is 16.6. The van der Waals surface area contributed by atoms with E-state index in [4.69, 9.17) is 15.6 Å². The van der Waals surface area contributed by atoms with Crippen LogP contribution < -0.4 is 21.2 Å². The van der Waals surface area contributed by atoms with Crippen LogP contribution in [-0.4, -0.2) is 89.6 Å². The van der Waals surface area contributed by atoms with Gasteiger partial charge >= 0.3 is 5.56 Å². The Morgan fingerprint density at radius 3 is 1.81 bits per heavy atom. The maximum Gasteiger partial charge on any atom is 0.304 e. The molecule has 1 fully saturated rings. The summed E-state index contributed by atoms with van der Waals surface area (Å²) in [6.45, 7) is 3.85. The van der Waals surface area contributed by atoms with Crippen molar-refractivity contribution in [1.82, 2.24) is 19.9 Å². The zero-order chi connectivity index (χ0) is 43.3. The number of hydrogen-bond acceptors (Lipinski definition) is 10. The van der Waals surface area contributed by atoms with Crippen molar-refractivity contribution in [2.45, 2.75) is 217 Å². The number of aromatic amines is 1. The van der Waals surface area contributed by atoms with Crippen molar-refractivity contribution < 1.29 is 39.6 Å². The largest absolute Gasteiger partial charge is 0.394 e. The molecule has 1 amide bonds. The van der Waals surface area contributed by atoms with Crippen molar-refractivity contribution in [1.29, 1.82) is 0 Å². The van der Waals surface area contributed by atoms with Crippen LogP contribution in [0.5, 0.6) is 0 Å². The Kier molecular flexibility index (Phi) is 28.3. The van der Waals surface area contributed by atoms with Crippen molar-refractivity contribution in [3.63, 3.8) is 0 Å². The third kappa shape index (κ3) is 20.5. The summed E-state index contributed by atoms with van der Waals surface area (Å²) in [4.78, 5) is 30.6. The minimum absolute atomic E-state index is 0.0649. The number of carbonyl (C=O) groups is 1. The van der Waals surface area contributed by atoms with Crippen molar-refractivity contribution >= 4 is 23.0 Å². The third-order valence-electron chi connectivity index (χ3n) is 11.4. The molecule has 3 heterocycles. The number of ether oxygens (including phenoxy) is 1. The first kappa shape index (κ1) is 52.3. The summed E-state index contributed by atoms with van der Waals surface area (Å²) in [5.74, 6) is -0.135. The zero-order valence-corrected chi connectivity index (χ0v) is 36.9. The molecule has 0 radical (unpaired) electrons. The number of imidazole rings is 1. The van der Waals surface area contributed by atoms with Crippen LogP contribution in [0.1, 0.15) is 187 Å². The van der Waals surface area contributed by atoms with E-state index in [2.05, 4.69) is 29.1 Å². The maximum atomic E-state index is 12.2. The molecule has 0 aliphatic carbocycles. The second-order valence-electron chi connectivity index (χ2n) is 16.6. The minimum atomic E-state index is -1.26. The van der Waals surface area contributed by atoms with Gasteiger partial charge in [0.25, 0.3) is 11.2 Å². The molecule has 6 atom stereocenters. The Morgan fingerprint density at radius 2 is 1.34 bits per heavy atom. The van der Waals surface area contributed by atoms with Gasteiger partial charge in [0, 0.05) is 6.42 Å². The van der Waals surface area contributed by atoms with Gasteiger partial charge in [-0.25, -0.2) is 4.57 Å². The van der Waals surface area contributed by atoms with E-state index in [1.54, 1.807) is 13.1 Å². The van der Waals surface area contributed by atoms with Crippen LogP contribution in [0.25, 0.3) is 11.2 Å². The predicted octanol–water partition coefficient (Wildman–Crippen LogP) is 6.31. The molecular weight excluding hydrogens is 753 g/mol. The van der Waals surface area contributed by atoms with E-state index in [0.717, 1.165) is 25.7 Å². The van der Waals surface area contributed by atoms with E-state index in [1.807, 2.05) is 6.08 Å².